The van der Waals surface area contributed by atoms with Crippen LogP contribution in [-0.4, -0.2) is 73.4 Å². The lowest BCUT2D eigenvalue weighted by Gasteiger charge is -2.25. The third kappa shape index (κ3) is 45.0. The lowest BCUT2D eigenvalue weighted by molar-refractivity contribution is -0.870. The number of phosphoric acid groups is 1. The average Bonchev–Trinajstić information content (AvgIpc) is 3.21. The molecule has 0 aliphatic carbocycles. The molecule has 3 unspecified atom stereocenters. The molecule has 0 aliphatic rings. The molecule has 9 heteroatoms. The standard InChI is InChI=1S/C52H89N2O6P/c1-6-8-10-12-14-16-18-20-22-24-26-27-28-30-32-34-36-38-40-42-44-46-52(56)53-50(49-60-61(57,58)59-48-47-54(3,4)5)51(55)45-43-41-39-37-35-33-31-29-25-23-21-19-17-15-13-11-9-7-2/h8,10,14,16,20,22,25-27,29-30,32,35-38,43,45,50-51,55H,6-7,9,11-13,15,17-19,21,23-24,28,31,33-34,39-42,44,46-49H2,1-5H3,(H-,53,56,57,58)/p+1/b10-8-,16-14-,22-20-,27-26-,29-25+,32-30-,37-35+,38-36-,45-43+. The summed E-state index contributed by atoms with van der Waals surface area (Å²) in [5.41, 5.74) is 0. The maximum atomic E-state index is 12.9. The van der Waals surface area contributed by atoms with E-state index in [0.717, 1.165) is 77.0 Å². The van der Waals surface area contributed by atoms with Crippen LogP contribution in [0.4, 0.5) is 0 Å². The number of nitrogens with zero attached hydrogens (tertiary/aromatic N) is 1. The Morgan fingerprint density at radius 2 is 1.00 bits per heavy atom. The van der Waals surface area contributed by atoms with Gasteiger partial charge in [0.2, 0.25) is 5.91 Å². The number of nitrogens with one attached hydrogen (secondary N) is 1. The topological polar surface area (TPSA) is 105 Å². The van der Waals surface area contributed by atoms with E-state index >= 15 is 0 Å². The molecular weight excluding hydrogens is 780 g/mol. The summed E-state index contributed by atoms with van der Waals surface area (Å²) in [7, 11) is 1.50. The van der Waals surface area contributed by atoms with Crippen molar-refractivity contribution in [3.63, 3.8) is 0 Å². The molecule has 0 saturated carbocycles. The Kier molecular flexibility index (Phi) is 40.5. The lowest BCUT2D eigenvalue weighted by atomic mass is 10.1. The van der Waals surface area contributed by atoms with E-state index in [2.05, 4.69) is 116 Å². The second kappa shape index (κ2) is 42.5. The molecule has 8 nitrogen and oxygen atoms in total. The van der Waals surface area contributed by atoms with E-state index in [0.29, 0.717) is 17.4 Å². The van der Waals surface area contributed by atoms with E-state index in [4.69, 9.17) is 9.05 Å². The van der Waals surface area contributed by atoms with Gasteiger partial charge in [-0.1, -0.05) is 168 Å². The first kappa shape index (κ1) is 58.2. The van der Waals surface area contributed by atoms with Crippen LogP contribution in [0.1, 0.15) is 162 Å². The Hall–Kier alpha value is -2.84. The molecule has 0 spiro atoms. The Balaban J connectivity index is 4.58. The van der Waals surface area contributed by atoms with Crippen molar-refractivity contribution in [2.24, 2.45) is 0 Å². The van der Waals surface area contributed by atoms with Crippen molar-refractivity contribution in [2.45, 2.75) is 174 Å². The third-order valence-corrected chi connectivity index (χ3v) is 10.7. The summed E-state index contributed by atoms with van der Waals surface area (Å²) < 4.78 is 23.5. The fourth-order valence-corrected chi connectivity index (χ4v) is 6.69. The minimum atomic E-state index is -4.37. The van der Waals surface area contributed by atoms with E-state index in [1.54, 1.807) is 6.08 Å². The second-order valence-corrected chi connectivity index (χ2v) is 18.2. The smallest absolute Gasteiger partial charge is 0.387 e. The molecule has 348 valence electrons. The molecule has 3 N–H and O–H groups in total. The molecule has 61 heavy (non-hydrogen) atoms. The quantitative estimate of drug-likeness (QED) is 0.0245. The molecule has 0 aromatic rings. The number of quaternary nitrogens is 1. The number of amides is 1. The fraction of sp³-hybridized carbons (Fsp3) is 0.635. The molecule has 0 fully saturated rings. The summed E-state index contributed by atoms with van der Waals surface area (Å²) in [6.07, 6.45) is 61.7. The minimum absolute atomic E-state index is 0.0383. The van der Waals surface area contributed by atoms with Crippen LogP contribution >= 0.6 is 7.82 Å². The average molecular weight is 870 g/mol. The Morgan fingerprint density at radius 1 is 0.574 bits per heavy atom. The van der Waals surface area contributed by atoms with Crippen LogP contribution in [-0.2, 0) is 18.4 Å². The van der Waals surface area contributed by atoms with Crippen LogP contribution in [0.3, 0.4) is 0 Å². The number of unbranched alkanes of at least 4 members (excludes halogenated alkanes) is 12. The van der Waals surface area contributed by atoms with Gasteiger partial charge >= 0.3 is 7.82 Å². The van der Waals surface area contributed by atoms with Crippen molar-refractivity contribution in [2.75, 3.05) is 40.9 Å². The van der Waals surface area contributed by atoms with Crippen LogP contribution in [0.5, 0.6) is 0 Å². The minimum Gasteiger partial charge on any atom is -0.387 e. The highest BCUT2D eigenvalue weighted by Gasteiger charge is 2.27. The van der Waals surface area contributed by atoms with Gasteiger partial charge < -0.3 is 19.8 Å². The molecule has 0 heterocycles. The SMILES string of the molecule is CC/C=C\C/C=C\C/C=C\C/C=C\C/C=C\C/C=C\CCCCC(=O)NC(COP(=O)(O)OCC[N+](C)(C)C)C(O)/C=C/CC/C=C/CC/C=C/CCCCCCCCCC. The van der Waals surface area contributed by atoms with E-state index in [9.17, 15) is 19.4 Å². The number of carbonyl (C=O) groups excluding carboxylic acids is 1. The van der Waals surface area contributed by atoms with E-state index in [-0.39, 0.29) is 25.5 Å². The summed E-state index contributed by atoms with van der Waals surface area (Å²) in [5.74, 6) is -0.239. The largest absolute Gasteiger partial charge is 0.472 e. The number of hydrogen-bond donors (Lipinski definition) is 3. The normalized spacial score (nSPS) is 15.2. The summed E-state index contributed by atoms with van der Waals surface area (Å²) in [4.78, 5) is 23.2. The van der Waals surface area contributed by atoms with Crippen molar-refractivity contribution in [1.82, 2.24) is 5.32 Å². The number of rotatable bonds is 41. The Labute approximate surface area is 374 Å². The van der Waals surface area contributed by atoms with Crippen molar-refractivity contribution >= 4 is 13.7 Å². The highest BCUT2D eigenvalue weighted by Crippen LogP contribution is 2.43. The van der Waals surface area contributed by atoms with E-state index in [1.165, 1.54) is 57.8 Å². The van der Waals surface area contributed by atoms with Gasteiger partial charge in [0, 0.05) is 6.42 Å². The predicted molar refractivity (Wildman–Crippen MR) is 262 cm³/mol. The number of allylic oxidation sites excluding steroid dienone is 17. The van der Waals surface area contributed by atoms with Gasteiger partial charge in [-0.3, -0.25) is 13.8 Å². The fourth-order valence-electron chi connectivity index (χ4n) is 5.96. The number of phosphoric ester groups is 1. The third-order valence-electron chi connectivity index (χ3n) is 9.70. The van der Waals surface area contributed by atoms with Crippen molar-refractivity contribution in [1.29, 1.82) is 0 Å². The molecule has 3 atom stereocenters. The lowest BCUT2D eigenvalue weighted by Crippen LogP contribution is -2.45. The van der Waals surface area contributed by atoms with E-state index < -0.39 is 20.0 Å². The van der Waals surface area contributed by atoms with Crippen molar-refractivity contribution in [3.8, 4) is 0 Å². The van der Waals surface area contributed by atoms with E-state index in [1.807, 2.05) is 27.2 Å². The first-order valence-electron chi connectivity index (χ1n) is 23.8. The van der Waals surface area contributed by atoms with Gasteiger partial charge in [-0.15, -0.1) is 0 Å². The molecule has 0 aromatic heterocycles. The zero-order valence-electron chi connectivity index (χ0n) is 39.4. The second-order valence-electron chi connectivity index (χ2n) is 16.7. The van der Waals surface area contributed by atoms with Crippen LogP contribution in [0.25, 0.3) is 0 Å². The first-order chi connectivity index (χ1) is 29.5. The van der Waals surface area contributed by atoms with Crippen molar-refractivity contribution in [3.05, 3.63) is 109 Å². The first-order valence-corrected chi connectivity index (χ1v) is 25.3. The van der Waals surface area contributed by atoms with Gasteiger partial charge in [0.1, 0.15) is 13.2 Å². The Morgan fingerprint density at radius 3 is 1.51 bits per heavy atom. The van der Waals surface area contributed by atoms with Gasteiger partial charge in [-0.25, -0.2) is 4.57 Å². The van der Waals surface area contributed by atoms with Gasteiger partial charge in [0.05, 0.1) is 39.9 Å². The zero-order chi connectivity index (χ0) is 45.0. The van der Waals surface area contributed by atoms with Crippen LogP contribution < -0.4 is 5.32 Å². The molecule has 0 saturated heterocycles. The molecule has 0 rings (SSSR count). The van der Waals surface area contributed by atoms with Crippen molar-refractivity contribution < 1.29 is 32.9 Å². The molecule has 1 amide bonds. The monoisotopic (exact) mass is 870 g/mol. The van der Waals surface area contributed by atoms with Gasteiger partial charge in [-0.2, -0.15) is 0 Å². The highest BCUT2D eigenvalue weighted by atomic mass is 31.2. The molecule has 0 bridgehead atoms. The maximum absolute atomic E-state index is 12.9. The maximum Gasteiger partial charge on any atom is 0.472 e. The van der Waals surface area contributed by atoms with Gasteiger partial charge in [0.25, 0.3) is 0 Å². The number of likely N-dealkylation sites (N-methyl/N-ethyl adjacent to an activating group) is 1. The predicted octanol–water partition coefficient (Wildman–Crippen LogP) is 13.7. The number of carbonyl (C=O) groups is 1. The van der Waals surface area contributed by atoms with Crippen LogP contribution in [0.15, 0.2) is 109 Å². The van der Waals surface area contributed by atoms with Gasteiger partial charge in [0.15, 0.2) is 0 Å². The number of aliphatic hydroxyl groups is 1. The number of aliphatic hydroxyl groups excluding tert-OH is 1. The summed E-state index contributed by atoms with van der Waals surface area (Å²) in [5, 5.41) is 13.8. The zero-order valence-corrected chi connectivity index (χ0v) is 40.2. The molecule has 0 aromatic carbocycles. The molecular formula is C52H90N2O6P+. The van der Waals surface area contributed by atoms with Crippen LogP contribution in [0, 0.1) is 0 Å². The van der Waals surface area contributed by atoms with Gasteiger partial charge in [-0.05, 0) is 96.3 Å². The molecule has 0 radical (unpaired) electrons. The summed E-state index contributed by atoms with van der Waals surface area (Å²) >= 11 is 0. The van der Waals surface area contributed by atoms with Crippen LogP contribution in [0.2, 0.25) is 0 Å². The Bertz CT molecular complexity index is 1350. The highest BCUT2D eigenvalue weighted by molar-refractivity contribution is 7.47. The number of hydrogen-bond acceptors (Lipinski definition) is 5. The summed E-state index contributed by atoms with van der Waals surface area (Å²) in [6.45, 7) is 4.60. The summed E-state index contributed by atoms with van der Waals surface area (Å²) in [6, 6.07) is -0.900. The molecule has 0 aliphatic heterocycles.